The molecular formula is C20H30N2O2. The third kappa shape index (κ3) is 5.23. The maximum absolute atomic E-state index is 12.2. The largest absolute Gasteiger partial charge is 0.494 e. The lowest BCUT2D eigenvalue weighted by molar-refractivity contribution is -0.120. The molecule has 0 radical (unpaired) electrons. The Balaban J connectivity index is 1.40. The van der Waals surface area contributed by atoms with E-state index >= 15 is 0 Å². The topological polar surface area (TPSA) is 50.4 Å². The van der Waals surface area contributed by atoms with Gasteiger partial charge in [-0.2, -0.15) is 0 Å². The lowest BCUT2D eigenvalue weighted by Crippen LogP contribution is -2.34. The molecule has 0 bridgehead atoms. The van der Waals surface area contributed by atoms with Crippen LogP contribution < -0.4 is 15.4 Å². The molecule has 2 fully saturated rings. The molecule has 1 amide bonds. The molecule has 0 unspecified atom stereocenters. The number of carbonyl (C=O) groups excluding carboxylic acids is 1. The Labute approximate surface area is 145 Å². The number of piperidine rings is 1. The van der Waals surface area contributed by atoms with Crippen LogP contribution in [0.4, 0.5) is 5.69 Å². The first kappa shape index (κ1) is 17.3. The van der Waals surface area contributed by atoms with Crippen LogP contribution in [0.3, 0.4) is 0 Å². The van der Waals surface area contributed by atoms with Gasteiger partial charge in [-0.1, -0.05) is 32.1 Å². The minimum atomic E-state index is 0.137. The number of amides is 1. The highest BCUT2D eigenvalue weighted by Gasteiger charge is 2.20. The molecule has 24 heavy (non-hydrogen) atoms. The van der Waals surface area contributed by atoms with Gasteiger partial charge >= 0.3 is 0 Å². The summed E-state index contributed by atoms with van der Waals surface area (Å²) >= 11 is 0. The molecule has 2 N–H and O–H groups in total. The zero-order valence-electron chi connectivity index (χ0n) is 14.6. The van der Waals surface area contributed by atoms with Gasteiger partial charge in [0.05, 0.1) is 6.61 Å². The highest BCUT2D eigenvalue weighted by molar-refractivity contribution is 5.92. The molecule has 1 aromatic rings. The van der Waals surface area contributed by atoms with E-state index in [0.29, 0.717) is 0 Å². The number of carbonyl (C=O) groups is 1. The van der Waals surface area contributed by atoms with Crippen LogP contribution in [-0.2, 0) is 4.79 Å². The van der Waals surface area contributed by atoms with E-state index in [-0.39, 0.29) is 11.8 Å². The Morgan fingerprint density at radius 3 is 2.46 bits per heavy atom. The average Bonchev–Trinajstić information content (AvgIpc) is 2.65. The minimum Gasteiger partial charge on any atom is -0.494 e. The summed E-state index contributed by atoms with van der Waals surface area (Å²) in [6, 6.07) is 7.79. The molecule has 0 aromatic heterocycles. The van der Waals surface area contributed by atoms with E-state index in [2.05, 4.69) is 10.6 Å². The van der Waals surface area contributed by atoms with Crippen molar-refractivity contribution < 1.29 is 9.53 Å². The fourth-order valence-electron chi connectivity index (χ4n) is 3.78. The van der Waals surface area contributed by atoms with Crippen molar-refractivity contribution >= 4 is 11.6 Å². The van der Waals surface area contributed by atoms with Crippen LogP contribution in [0, 0.1) is 11.8 Å². The molecular weight excluding hydrogens is 300 g/mol. The Hall–Kier alpha value is -1.55. The lowest BCUT2D eigenvalue weighted by Gasteiger charge is -2.22. The van der Waals surface area contributed by atoms with Gasteiger partial charge in [0.1, 0.15) is 5.75 Å². The predicted octanol–water partition coefficient (Wildman–Crippen LogP) is 3.97. The summed E-state index contributed by atoms with van der Waals surface area (Å²) in [4.78, 5) is 12.2. The van der Waals surface area contributed by atoms with Crippen molar-refractivity contribution in [3.63, 3.8) is 0 Å². The fraction of sp³-hybridized carbons (Fsp3) is 0.650. The number of hydrogen-bond donors (Lipinski definition) is 2. The van der Waals surface area contributed by atoms with Crippen LogP contribution in [0.15, 0.2) is 24.3 Å². The zero-order chi connectivity index (χ0) is 16.6. The monoisotopic (exact) mass is 330 g/mol. The van der Waals surface area contributed by atoms with E-state index < -0.39 is 0 Å². The van der Waals surface area contributed by atoms with Gasteiger partial charge in [0.2, 0.25) is 5.91 Å². The average molecular weight is 330 g/mol. The van der Waals surface area contributed by atoms with E-state index in [9.17, 15) is 4.79 Å². The van der Waals surface area contributed by atoms with Gasteiger partial charge in [-0.05, 0) is 62.5 Å². The van der Waals surface area contributed by atoms with E-state index in [4.69, 9.17) is 4.74 Å². The normalized spacial score (nSPS) is 19.8. The second-order valence-electron chi connectivity index (χ2n) is 7.18. The highest BCUT2D eigenvalue weighted by Crippen LogP contribution is 2.26. The molecule has 1 saturated carbocycles. The number of nitrogens with one attached hydrogen (secondary N) is 2. The van der Waals surface area contributed by atoms with Gasteiger partial charge in [-0.3, -0.25) is 4.79 Å². The van der Waals surface area contributed by atoms with Crippen molar-refractivity contribution in [2.45, 2.75) is 51.4 Å². The molecule has 1 aliphatic carbocycles. The number of benzene rings is 1. The van der Waals surface area contributed by atoms with E-state index in [1.807, 2.05) is 24.3 Å². The Morgan fingerprint density at radius 1 is 1.04 bits per heavy atom. The summed E-state index contributed by atoms with van der Waals surface area (Å²) < 4.78 is 5.86. The SMILES string of the molecule is O=C(Nc1ccc(OCCC2CCCCC2)cc1)C1CCNCC1. The predicted molar refractivity (Wildman–Crippen MR) is 97.4 cm³/mol. The molecule has 0 atom stereocenters. The minimum absolute atomic E-state index is 0.137. The van der Waals surface area contributed by atoms with Gasteiger partial charge in [-0.25, -0.2) is 0 Å². The molecule has 1 heterocycles. The molecule has 0 spiro atoms. The van der Waals surface area contributed by atoms with E-state index in [0.717, 1.165) is 56.3 Å². The van der Waals surface area contributed by atoms with Crippen LogP contribution in [0.25, 0.3) is 0 Å². The molecule has 1 saturated heterocycles. The van der Waals surface area contributed by atoms with Crippen molar-refractivity contribution in [3.05, 3.63) is 24.3 Å². The summed E-state index contributed by atoms with van der Waals surface area (Å²) in [6.07, 6.45) is 9.92. The maximum Gasteiger partial charge on any atom is 0.227 e. The molecule has 1 aliphatic heterocycles. The summed E-state index contributed by atoms with van der Waals surface area (Å²) in [5.41, 5.74) is 0.859. The second-order valence-corrected chi connectivity index (χ2v) is 7.18. The quantitative estimate of drug-likeness (QED) is 0.829. The Kier molecular flexibility index (Phi) is 6.53. The molecule has 4 nitrogen and oxygen atoms in total. The van der Waals surface area contributed by atoms with Crippen LogP contribution in [0.1, 0.15) is 51.4 Å². The number of ether oxygens (including phenoxy) is 1. The number of anilines is 1. The van der Waals surface area contributed by atoms with Crippen molar-refractivity contribution in [1.29, 1.82) is 0 Å². The van der Waals surface area contributed by atoms with Crippen molar-refractivity contribution in [2.75, 3.05) is 25.0 Å². The highest BCUT2D eigenvalue weighted by atomic mass is 16.5. The number of rotatable bonds is 6. The summed E-state index contributed by atoms with van der Waals surface area (Å²) in [5.74, 6) is 2.02. The van der Waals surface area contributed by atoms with Gasteiger partial charge in [0.25, 0.3) is 0 Å². The van der Waals surface area contributed by atoms with Crippen molar-refractivity contribution in [2.24, 2.45) is 11.8 Å². The molecule has 3 rings (SSSR count). The van der Waals surface area contributed by atoms with E-state index in [1.165, 1.54) is 32.1 Å². The number of hydrogen-bond acceptors (Lipinski definition) is 3. The summed E-state index contributed by atoms with van der Waals surface area (Å²) in [7, 11) is 0. The van der Waals surface area contributed by atoms with E-state index in [1.54, 1.807) is 0 Å². The second kappa shape index (κ2) is 9.07. The van der Waals surface area contributed by atoms with Crippen molar-refractivity contribution in [3.8, 4) is 5.75 Å². The Bertz CT molecular complexity index is 503. The lowest BCUT2D eigenvalue weighted by atomic mass is 9.87. The standard InChI is InChI=1S/C20H30N2O2/c23-20(17-10-13-21-14-11-17)22-18-6-8-19(9-7-18)24-15-12-16-4-2-1-3-5-16/h6-9,16-17,21H,1-5,10-15H2,(H,22,23). The van der Waals surface area contributed by atoms with Gasteiger partial charge in [-0.15, -0.1) is 0 Å². The van der Waals surface area contributed by atoms with Crippen LogP contribution in [0.2, 0.25) is 0 Å². The zero-order valence-corrected chi connectivity index (χ0v) is 14.6. The van der Waals surface area contributed by atoms with Crippen molar-refractivity contribution in [1.82, 2.24) is 5.32 Å². The van der Waals surface area contributed by atoms with Crippen LogP contribution >= 0.6 is 0 Å². The smallest absolute Gasteiger partial charge is 0.227 e. The molecule has 1 aromatic carbocycles. The van der Waals surface area contributed by atoms with Crippen LogP contribution in [0.5, 0.6) is 5.75 Å². The third-order valence-electron chi connectivity index (χ3n) is 5.35. The first-order chi connectivity index (χ1) is 11.8. The summed E-state index contributed by atoms with van der Waals surface area (Å²) in [6.45, 7) is 2.67. The van der Waals surface area contributed by atoms with Gasteiger partial charge < -0.3 is 15.4 Å². The van der Waals surface area contributed by atoms with Crippen LogP contribution in [-0.4, -0.2) is 25.6 Å². The first-order valence-corrected chi connectivity index (χ1v) is 9.56. The fourth-order valence-corrected chi connectivity index (χ4v) is 3.78. The molecule has 4 heteroatoms. The first-order valence-electron chi connectivity index (χ1n) is 9.56. The molecule has 2 aliphatic rings. The van der Waals surface area contributed by atoms with Gasteiger partial charge in [0, 0.05) is 11.6 Å². The Morgan fingerprint density at radius 2 is 1.75 bits per heavy atom. The van der Waals surface area contributed by atoms with Gasteiger partial charge in [0.15, 0.2) is 0 Å². The third-order valence-corrected chi connectivity index (χ3v) is 5.35. The maximum atomic E-state index is 12.2. The summed E-state index contributed by atoms with van der Waals surface area (Å²) in [5, 5.41) is 6.31. The molecule has 132 valence electrons.